The summed E-state index contributed by atoms with van der Waals surface area (Å²) in [6.45, 7) is 7.27. The number of halogens is 1. The molecule has 1 aromatic heterocycles. The molecule has 0 aliphatic carbocycles. The number of morpholine rings is 1. The summed E-state index contributed by atoms with van der Waals surface area (Å²) in [6.07, 6.45) is 0.0626. The first kappa shape index (κ1) is 19.1. The molecule has 28 heavy (non-hydrogen) atoms. The summed E-state index contributed by atoms with van der Waals surface area (Å²) in [4.78, 5) is 20.2. The van der Waals surface area contributed by atoms with Crippen LogP contribution in [0.3, 0.4) is 0 Å². The Bertz CT molecular complexity index is 1040. The zero-order chi connectivity index (χ0) is 19.8. The summed E-state index contributed by atoms with van der Waals surface area (Å²) in [5, 5.41) is 0.863. The summed E-state index contributed by atoms with van der Waals surface area (Å²) >= 11 is 3.53. The second kappa shape index (κ2) is 7.64. The Labute approximate surface area is 173 Å². The SMILES string of the molecule is Cc1cccc(-c2cc(C(=O)N3C[C@H](C)O[C@@H](C)C3)c3cc(Br)ccc3n2)c1. The lowest BCUT2D eigenvalue weighted by Crippen LogP contribution is -2.48. The van der Waals surface area contributed by atoms with E-state index in [2.05, 4.69) is 35.0 Å². The Hall–Kier alpha value is -2.24. The van der Waals surface area contributed by atoms with Crippen LogP contribution in [0.25, 0.3) is 22.2 Å². The highest BCUT2D eigenvalue weighted by atomic mass is 79.9. The highest BCUT2D eigenvalue weighted by molar-refractivity contribution is 9.10. The number of benzene rings is 2. The molecule has 5 heteroatoms. The molecule has 0 unspecified atom stereocenters. The van der Waals surface area contributed by atoms with E-state index in [-0.39, 0.29) is 18.1 Å². The van der Waals surface area contributed by atoms with Gasteiger partial charge in [-0.3, -0.25) is 4.79 Å². The summed E-state index contributed by atoms with van der Waals surface area (Å²) in [5.41, 5.74) is 4.50. The summed E-state index contributed by atoms with van der Waals surface area (Å²) in [5.74, 6) is 0.0291. The van der Waals surface area contributed by atoms with Crippen molar-refractivity contribution in [2.75, 3.05) is 13.1 Å². The van der Waals surface area contributed by atoms with E-state index < -0.39 is 0 Å². The quantitative estimate of drug-likeness (QED) is 0.550. The Kier molecular flexibility index (Phi) is 5.21. The number of carbonyl (C=O) groups excluding carboxylic acids is 1. The molecule has 1 aliphatic heterocycles. The average molecular weight is 439 g/mol. The normalized spacial score (nSPS) is 19.8. The Balaban J connectivity index is 1.85. The van der Waals surface area contributed by atoms with E-state index in [4.69, 9.17) is 9.72 Å². The van der Waals surface area contributed by atoms with E-state index in [1.54, 1.807) is 0 Å². The molecule has 1 aliphatic rings. The molecule has 2 atom stereocenters. The number of aryl methyl sites for hydroxylation is 1. The van der Waals surface area contributed by atoms with Crippen LogP contribution in [0.5, 0.6) is 0 Å². The lowest BCUT2D eigenvalue weighted by atomic mass is 10.0. The van der Waals surface area contributed by atoms with Crippen molar-refractivity contribution in [3.8, 4) is 11.3 Å². The predicted octanol–water partition coefficient (Wildman–Crippen LogP) is 5.22. The van der Waals surface area contributed by atoms with Gasteiger partial charge in [0.25, 0.3) is 5.91 Å². The van der Waals surface area contributed by atoms with Gasteiger partial charge in [0, 0.05) is 28.5 Å². The molecule has 0 radical (unpaired) electrons. The van der Waals surface area contributed by atoms with Gasteiger partial charge in [-0.15, -0.1) is 0 Å². The molecule has 1 fully saturated rings. The van der Waals surface area contributed by atoms with Crippen molar-refractivity contribution >= 4 is 32.7 Å². The lowest BCUT2D eigenvalue weighted by Gasteiger charge is -2.35. The molecule has 2 heterocycles. The molecule has 1 saturated heterocycles. The van der Waals surface area contributed by atoms with Crippen LogP contribution < -0.4 is 0 Å². The molecule has 144 valence electrons. The number of hydrogen-bond acceptors (Lipinski definition) is 3. The molecule has 1 amide bonds. The fourth-order valence-electron chi connectivity index (χ4n) is 3.84. The highest BCUT2D eigenvalue weighted by Gasteiger charge is 2.28. The van der Waals surface area contributed by atoms with Crippen LogP contribution in [0, 0.1) is 6.92 Å². The number of fused-ring (bicyclic) bond motifs is 1. The van der Waals surface area contributed by atoms with Gasteiger partial charge in [-0.25, -0.2) is 4.98 Å². The van der Waals surface area contributed by atoms with E-state index in [1.807, 2.05) is 55.1 Å². The second-order valence-electron chi connectivity index (χ2n) is 7.55. The van der Waals surface area contributed by atoms with E-state index in [0.29, 0.717) is 18.7 Å². The minimum atomic E-state index is 0.0291. The van der Waals surface area contributed by atoms with Crippen LogP contribution >= 0.6 is 15.9 Å². The van der Waals surface area contributed by atoms with E-state index in [9.17, 15) is 4.79 Å². The standard InChI is InChI=1S/C23H23BrN2O2/c1-14-5-4-6-17(9-14)22-11-20(19-10-18(24)7-8-21(19)25-22)23(27)26-12-15(2)28-16(3)13-26/h4-11,15-16H,12-13H2,1-3H3/t15-,16-/m0/s1. The maximum Gasteiger partial charge on any atom is 0.254 e. The van der Waals surface area contributed by atoms with Crippen molar-refractivity contribution in [2.45, 2.75) is 33.0 Å². The topological polar surface area (TPSA) is 42.4 Å². The maximum atomic E-state index is 13.5. The van der Waals surface area contributed by atoms with Gasteiger partial charge in [0.2, 0.25) is 0 Å². The van der Waals surface area contributed by atoms with Gasteiger partial charge in [0.1, 0.15) is 0 Å². The molecule has 0 bridgehead atoms. The highest BCUT2D eigenvalue weighted by Crippen LogP contribution is 2.29. The first-order valence-corrected chi connectivity index (χ1v) is 10.3. The van der Waals surface area contributed by atoms with Crippen molar-refractivity contribution in [1.29, 1.82) is 0 Å². The molecule has 0 saturated carbocycles. The summed E-state index contributed by atoms with van der Waals surface area (Å²) in [7, 11) is 0. The average Bonchev–Trinajstić information content (AvgIpc) is 2.66. The third-order valence-electron chi connectivity index (χ3n) is 5.02. The second-order valence-corrected chi connectivity index (χ2v) is 8.47. The number of amides is 1. The summed E-state index contributed by atoms with van der Waals surface area (Å²) in [6, 6.07) is 16.0. The van der Waals surface area contributed by atoms with Crippen molar-refractivity contribution in [3.63, 3.8) is 0 Å². The fourth-order valence-corrected chi connectivity index (χ4v) is 4.20. The first-order valence-electron chi connectivity index (χ1n) is 9.53. The third-order valence-corrected chi connectivity index (χ3v) is 5.52. The van der Waals surface area contributed by atoms with Crippen molar-refractivity contribution < 1.29 is 9.53 Å². The zero-order valence-corrected chi connectivity index (χ0v) is 17.9. The number of nitrogens with zero attached hydrogens (tertiary/aromatic N) is 2. The van der Waals surface area contributed by atoms with E-state index >= 15 is 0 Å². The molecular weight excluding hydrogens is 416 g/mol. The van der Waals surface area contributed by atoms with Gasteiger partial charge in [-0.2, -0.15) is 0 Å². The minimum absolute atomic E-state index is 0.0291. The number of carbonyl (C=O) groups is 1. The molecule has 3 aromatic rings. The van der Waals surface area contributed by atoms with Crippen LogP contribution in [0.4, 0.5) is 0 Å². The van der Waals surface area contributed by atoms with E-state index in [1.165, 1.54) is 5.56 Å². The molecule has 0 N–H and O–H groups in total. The van der Waals surface area contributed by atoms with Crippen LogP contribution in [0.1, 0.15) is 29.8 Å². The number of rotatable bonds is 2. The molecule has 0 spiro atoms. The lowest BCUT2D eigenvalue weighted by molar-refractivity contribution is -0.0585. The smallest absolute Gasteiger partial charge is 0.254 e. The van der Waals surface area contributed by atoms with Crippen molar-refractivity contribution in [1.82, 2.24) is 9.88 Å². The van der Waals surface area contributed by atoms with Gasteiger partial charge in [0.05, 0.1) is 29.0 Å². The largest absolute Gasteiger partial charge is 0.372 e. The van der Waals surface area contributed by atoms with E-state index in [0.717, 1.165) is 26.6 Å². The molecule has 4 rings (SSSR count). The van der Waals surface area contributed by atoms with Crippen LogP contribution in [-0.4, -0.2) is 41.1 Å². The number of aromatic nitrogens is 1. The fraction of sp³-hybridized carbons (Fsp3) is 0.304. The molecule has 4 nitrogen and oxygen atoms in total. The van der Waals surface area contributed by atoms with Crippen LogP contribution in [-0.2, 0) is 4.74 Å². The minimum Gasteiger partial charge on any atom is -0.372 e. The number of pyridine rings is 1. The van der Waals surface area contributed by atoms with Gasteiger partial charge in [0.15, 0.2) is 0 Å². The van der Waals surface area contributed by atoms with Gasteiger partial charge < -0.3 is 9.64 Å². The Morgan fingerprint density at radius 3 is 2.57 bits per heavy atom. The van der Waals surface area contributed by atoms with Crippen molar-refractivity contribution in [3.05, 3.63) is 64.1 Å². The van der Waals surface area contributed by atoms with Gasteiger partial charge in [-0.05, 0) is 51.1 Å². The van der Waals surface area contributed by atoms with Crippen LogP contribution in [0.2, 0.25) is 0 Å². The Morgan fingerprint density at radius 2 is 1.86 bits per heavy atom. The predicted molar refractivity (Wildman–Crippen MR) is 116 cm³/mol. The summed E-state index contributed by atoms with van der Waals surface area (Å²) < 4.78 is 6.73. The number of ether oxygens (including phenoxy) is 1. The third kappa shape index (κ3) is 3.82. The zero-order valence-electron chi connectivity index (χ0n) is 16.3. The number of hydrogen-bond donors (Lipinski definition) is 0. The molecule has 2 aromatic carbocycles. The first-order chi connectivity index (χ1) is 13.4. The van der Waals surface area contributed by atoms with Gasteiger partial charge in [-0.1, -0.05) is 39.7 Å². The van der Waals surface area contributed by atoms with Crippen molar-refractivity contribution in [2.24, 2.45) is 0 Å². The monoisotopic (exact) mass is 438 g/mol. The molecular formula is C23H23BrN2O2. The van der Waals surface area contributed by atoms with Crippen LogP contribution in [0.15, 0.2) is 53.0 Å². The van der Waals surface area contributed by atoms with Gasteiger partial charge >= 0.3 is 0 Å². The Morgan fingerprint density at radius 1 is 1.11 bits per heavy atom. The maximum absolute atomic E-state index is 13.5.